The molecule has 0 aliphatic carbocycles. The molecule has 0 spiro atoms. The van der Waals surface area contributed by atoms with Crippen molar-refractivity contribution < 1.29 is 32.6 Å². The molecule has 0 aliphatic rings. The summed E-state index contributed by atoms with van der Waals surface area (Å²) in [5.74, 6) is -7.98. The minimum atomic E-state index is -1.99. The third kappa shape index (κ3) is 3.79. The number of ketones is 1. The number of Topliss-reactive ketones (excluding diaryl/α,β-unsaturated/α-hetero) is 1. The first-order valence-corrected chi connectivity index (χ1v) is 6.73. The van der Waals surface area contributed by atoms with E-state index in [9.17, 15) is 23.2 Å². The summed E-state index contributed by atoms with van der Waals surface area (Å²) < 4.78 is 36.2. The van der Waals surface area contributed by atoms with Crippen LogP contribution in [0, 0.1) is 17.6 Å². The largest absolute Gasteiger partial charge is 0.465 e. The fourth-order valence-electron chi connectivity index (χ4n) is 1.63. The van der Waals surface area contributed by atoms with E-state index in [1.54, 1.807) is 0 Å². The highest BCUT2D eigenvalue weighted by molar-refractivity contribution is 6.31. The molecular weight excluding hydrogens is 322 g/mol. The zero-order valence-corrected chi connectivity index (χ0v) is 12.6. The number of carbonyl (C=O) groups is 3. The molecule has 0 aromatic heterocycles. The van der Waals surface area contributed by atoms with Gasteiger partial charge in [-0.3, -0.25) is 14.4 Å². The van der Waals surface area contributed by atoms with E-state index in [2.05, 4.69) is 9.47 Å². The second-order valence-electron chi connectivity index (χ2n) is 4.02. The Morgan fingerprint density at radius 3 is 2.05 bits per heavy atom. The van der Waals surface area contributed by atoms with Gasteiger partial charge in [-0.2, -0.15) is 0 Å². The molecule has 0 amide bonds. The summed E-state index contributed by atoms with van der Waals surface area (Å²) in [5, 5.41) is -0.905. The minimum absolute atomic E-state index is 0.0886. The summed E-state index contributed by atoms with van der Waals surface area (Å²) in [6.45, 7) is 2.77. The number of benzene rings is 1. The van der Waals surface area contributed by atoms with E-state index in [0.29, 0.717) is 0 Å². The fourth-order valence-corrected chi connectivity index (χ4v) is 1.80. The van der Waals surface area contributed by atoms with Gasteiger partial charge in [0, 0.05) is 0 Å². The average Bonchev–Trinajstić information content (AvgIpc) is 2.45. The molecule has 1 aromatic rings. The molecule has 0 fully saturated rings. The molecule has 0 radical (unpaired) electrons. The lowest BCUT2D eigenvalue weighted by atomic mass is 9.97. The molecule has 0 aliphatic heterocycles. The van der Waals surface area contributed by atoms with Crippen LogP contribution >= 0.6 is 11.6 Å². The summed E-state index contributed by atoms with van der Waals surface area (Å²) in [6, 6.07) is 1.55. The number of halogens is 3. The highest BCUT2D eigenvalue weighted by Gasteiger charge is 2.39. The van der Waals surface area contributed by atoms with Gasteiger partial charge in [0.05, 0.1) is 18.8 Å². The zero-order chi connectivity index (χ0) is 16.9. The molecule has 1 rings (SSSR count). The molecular formula is C14H13ClF2O5. The predicted molar refractivity (Wildman–Crippen MR) is 72.5 cm³/mol. The Hall–Kier alpha value is -2.02. The summed E-state index contributed by atoms with van der Waals surface area (Å²) in [6.07, 6.45) is 0. The quantitative estimate of drug-likeness (QED) is 0.346. The number of rotatable bonds is 6. The summed E-state index contributed by atoms with van der Waals surface area (Å²) in [7, 11) is 0. The van der Waals surface area contributed by atoms with Crippen molar-refractivity contribution in [3.05, 3.63) is 34.4 Å². The first kappa shape index (κ1) is 18.0. The summed E-state index contributed by atoms with van der Waals surface area (Å²) in [4.78, 5) is 35.8. The number of hydrogen-bond acceptors (Lipinski definition) is 5. The van der Waals surface area contributed by atoms with E-state index < -0.39 is 45.9 Å². The van der Waals surface area contributed by atoms with Gasteiger partial charge in [0.2, 0.25) is 5.92 Å². The third-order valence-corrected chi connectivity index (χ3v) is 2.95. The number of carbonyl (C=O) groups excluding carboxylic acids is 3. The normalized spacial score (nSPS) is 10.5. The lowest BCUT2D eigenvalue weighted by Gasteiger charge is -2.14. The third-order valence-electron chi connectivity index (χ3n) is 2.61. The standard InChI is InChI=1S/C14H13ClF2O5/c1-3-21-13(19)9(14(20)22-4-2)12(18)7-5-6-8(16)10(15)11(7)17/h5-6,9H,3-4H2,1-2H3. The van der Waals surface area contributed by atoms with Crippen LogP contribution in [0.3, 0.4) is 0 Å². The highest BCUT2D eigenvalue weighted by atomic mass is 35.5. The van der Waals surface area contributed by atoms with Crippen molar-refractivity contribution in [2.45, 2.75) is 13.8 Å². The second kappa shape index (κ2) is 7.84. The van der Waals surface area contributed by atoms with E-state index in [1.165, 1.54) is 13.8 Å². The highest BCUT2D eigenvalue weighted by Crippen LogP contribution is 2.24. The zero-order valence-electron chi connectivity index (χ0n) is 11.8. The van der Waals surface area contributed by atoms with Gasteiger partial charge in [0.25, 0.3) is 0 Å². The van der Waals surface area contributed by atoms with Crippen LogP contribution in [0.5, 0.6) is 0 Å². The fraction of sp³-hybridized carbons (Fsp3) is 0.357. The van der Waals surface area contributed by atoms with Crippen LogP contribution in [-0.2, 0) is 19.1 Å². The van der Waals surface area contributed by atoms with Crippen LogP contribution in [0.15, 0.2) is 12.1 Å². The Bertz CT molecular complexity index is 585. The number of ether oxygens (including phenoxy) is 2. The van der Waals surface area contributed by atoms with Gasteiger partial charge in [-0.05, 0) is 26.0 Å². The van der Waals surface area contributed by atoms with E-state index in [1.807, 2.05) is 0 Å². The van der Waals surface area contributed by atoms with E-state index in [0.717, 1.165) is 12.1 Å². The van der Waals surface area contributed by atoms with Crippen LogP contribution in [0.25, 0.3) is 0 Å². The molecule has 120 valence electrons. The van der Waals surface area contributed by atoms with E-state index >= 15 is 0 Å². The topological polar surface area (TPSA) is 69.7 Å². The van der Waals surface area contributed by atoms with Crippen molar-refractivity contribution in [2.75, 3.05) is 13.2 Å². The first-order chi connectivity index (χ1) is 10.3. The van der Waals surface area contributed by atoms with Crippen LogP contribution in [0.4, 0.5) is 8.78 Å². The van der Waals surface area contributed by atoms with Crippen molar-refractivity contribution in [1.29, 1.82) is 0 Å². The van der Waals surface area contributed by atoms with Crippen molar-refractivity contribution in [3.8, 4) is 0 Å². The molecule has 8 heteroatoms. The number of hydrogen-bond donors (Lipinski definition) is 0. The molecule has 1 aromatic carbocycles. The maximum atomic E-state index is 13.9. The van der Waals surface area contributed by atoms with Gasteiger partial charge >= 0.3 is 11.9 Å². The van der Waals surface area contributed by atoms with Gasteiger partial charge in [-0.1, -0.05) is 11.6 Å². The van der Waals surface area contributed by atoms with Crippen molar-refractivity contribution in [3.63, 3.8) is 0 Å². The van der Waals surface area contributed by atoms with E-state index in [4.69, 9.17) is 11.6 Å². The molecule has 22 heavy (non-hydrogen) atoms. The van der Waals surface area contributed by atoms with Crippen molar-refractivity contribution in [2.24, 2.45) is 5.92 Å². The molecule has 0 saturated carbocycles. The number of esters is 2. The van der Waals surface area contributed by atoms with Crippen molar-refractivity contribution in [1.82, 2.24) is 0 Å². The Balaban J connectivity index is 3.25. The molecule has 0 unspecified atom stereocenters. The average molecular weight is 335 g/mol. The van der Waals surface area contributed by atoms with Gasteiger partial charge in [0.15, 0.2) is 11.6 Å². The van der Waals surface area contributed by atoms with Gasteiger partial charge < -0.3 is 9.47 Å². The minimum Gasteiger partial charge on any atom is -0.465 e. The van der Waals surface area contributed by atoms with Crippen LogP contribution < -0.4 is 0 Å². The lowest BCUT2D eigenvalue weighted by Crippen LogP contribution is -2.35. The molecule has 0 atom stereocenters. The van der Waals surface area contributed by atoms with E-state index in [-0.39, 0.29) is 13.2 Å². The Morgan fingerprint density at radius 1 is 1.09 bits per heavy atom. The molecule has 0 N–H and O–H groups in total. The Kier molecular flexibility index (Phi) is 6.42. The monoisotopic (exact) mass is 334 g/mol. The van der Waals surface area contributed by atoms with Gasteiger partial charge in [-0.25, -0.2) is 8.78 Å². The molecule has 0 bridgehead atoms. The van der Waals surface area contributed by atoms with Crippen molar-refractivity contribution >= 4 is 29.3 Å². The van der Waals surface area contributed by atoms with Gasteiger partial charge in [0.1, 0.15) is 10.8 Å². The first-order valence-electron chi connectivity index (χ1n) is 6.36. The maximum Gasteiger partial charge on any atom is 0.328 e. The smallest absolute Gasteiger partial charge is 0.328 e. The summed E-state index contributed by atoms with van der Waals surface area (Å²) >= 11 is 5.38. The Morgan fingerprint density at radius 2 is 1.59 bits per heavy atom. The molecule has 0 saturated heterocycles. The predicted octanol–water partition coefficient (Wildman–Crippen LogP) is 2.54. The second-order valence-corrected chi connectivity index (χ2v) is 4.40. The van der Waals surface area contributed by atoms with Crippen LogP contribution in [0.2, 0.25) is 5.02 Å². The summed E-state index contributed by atoms with van der Waals surface area (Å²) in [5.41, 5.74) is -0.697. The molecule has 0 heterocycles. The van der Waals surface area contributed by atoms with Crippen LogP contribution in [0.1, 0.15) is 24.2 Å². The lowest BCUT2D eigenvalue weighted by molar-refractivity contribution is -0.158. The van der Waals surface area contributed by atoms with Crippen LogP contribution in [-0.4, -0.2) is 30.9 Å². The van der Waals surface area contributed by atoms with Gasteiger partial charge in [-0.15, -0.1) is 0 Å². The SMILES string of the molecule is CCOC(=O)C(C(=O)OCC)C(=O)c1ccc(F)c(Cl)c1F. The molecule has 5 nitrogen and oxygen atoms in total. The maximum absolute atomic E-state index is 13.9. The Labute approximate surface area is 130 Å².